The molecule has 0 unspecified atom stereocenters. The number of ether oxygens (including phenoxy) is 2. The Balaban J connectivity index is 2.06. The predicted octanol–water partition coefficient (Wildman–Crippen LogP) is 2.80. The van der Waals surface area contributed by atoms with Gasteiger partial charge in [0.05, 0.1) is 12.1 Å². The average molecular weight is 325 g/mol. The van der Waals surface area contributed by atoms with Crippen LogP contribution in [0.1, 0.15) is 37.4 Å². The second-order valence-corrected chi connectivity index (χ2v) is 5.72. The monoisotopic (exact) mass is 325 g/mol. The molecule has 0 fully saturated rings. The lowest BCUT2D eigenvalue weighted by Gasteiger charge is -2.22. The third-order valence-electron chi connectivity index (χ3n) is 4.16. The summed E-state index contributed by atoms with van der Waals surface area (Å²) in [6, 6.07) is 10.5. The molecule has 5 heteroatoms. The summed E-state index contributed by atoms with van der Waals surface area (Å²) in [5, 5.41) is 3.17. The maximum Gasteiger partial charge on any atom is 0.196 e. The largest absolute Gasteiger partial charge is 0.379 e. The summed E-state index contributed by atoms with van der Waals surface area (Å²) in [4.78, 5) is 25.7. The Morgan fingerprint density at radius 3 is 2.21 bits per heavy atom. The molecule has 124 valence electrons. The van der Waals surface area contributed by atoms with Gasteiger partial charge in [-0.25, -0.2) is 0 Å². The Hall–Kier alpha value is -2.50. The van der Waals surface area contributed by atoms with E-state index in [1.165, 1.54) is 0 Å². The summed E-state index contributed by atoms with van der Waals surface area (Å²) in [7, 11) is 3.10. The molecule has 24 heavy (non-hydrogen) atoms. The molecule has 0 bridgehead atoms. The molecular formula is C19H19NO4. The summed E-state index contributed by atoms with van der Waals surface area (Å²) in [5.74, 6) is -0.268. The topological polar surface area (TPSA) is 64.6 Å². The Labute approximate surface area is 140 Å². The van der Waals surface area contributed by atoms with E-state index in [1.807, 2.05) is 13.0 Å². The van der Waals surface area contributed by atoms with E-state index in [9.17, 15) is 9.59 Å². The van der Waals surface area contributed by atoms with Crippen LogP contribution in [0.5, 0.6) is 0 Å². The van der Waals surface area contributed by atoms with Crippen molar-refractivity contribution in [2.45, 2.75) is 13.2 Å². The van der Waals surface area contributed by atoms with Crippen LogP contribution in [0, 0.1) is 6.92 Å². The van der Waals surface area contributed by atoms with Gasteiger partial charge in [-0.05, 0) is 24.6 Å². The van der Waals surface area contributed by atoms with Gasteiger partial charge in [-0.15, -0.1) is 0 Å². The van der Waals surface area contributed by atoms with E-state index >= 15 is 0 Å². The van der Waals surface area contributed by atoms with Crippen molar-refractivity contribution in [1.82, 2.24) is 0 Å². The number of aryl methyl sites for hydroxylation is 1. The number of carbonyl (C=O) groups excluding carboxylic acids is 2. The van der Waals surface area contributed by atoms with E-state index in [0.717, 1.165) is 5.56 Å². The minimum absolute atomic E-state index is 0.123. The SMILES string of the molecule is COC(CNc1cc(C)cc2c1C(=O)c1ccccc1C2=O)OC. The fraction of sp³-hybridized carbons (Fsp3) is 0.263. The lowest BCUT2D eigenvalue weighted by Crippen LogP contribution is -2.27. The molecule has 0 radical (unpaired) electrons. The van der Waals surface area contributed by atoms with Gasteiger partial charge < -0.3 is 14.8 Å². The van der Waals surface area contributed by atoms with Gasteiger partial charge in [0.1, 0.15) is 0 Å². The smallest absolute Gasteiger partial charge is 0.196 e. The standard InChI is InChI=1S/C19H19NO4/c1-11-8-14-17(15(9-11)20-10-16(23-2)24-3)19(22)13-7-5-4-6-12(13)18(14)21/h4-9,16,20H,10H2,1-3H3. The highest BCUT2D eigenvalue weighted by Crippen LogP contribution is 2.33. The Kier molecular flexibility index (Phi) is 4.46. The highest BCUT2D eigenvalue weighted by molar-refractivity contribution is 6.30. The molecular weight excluding hydrogens is 306 g/mol. The predicted molar refractivity (Wildman–Crippen MR) is 90.8 cm³/mol. The maximum absolute atomic E-state index is 12.9. The Morgan fingerprint density at radius 1 is 0.958 bits per heavy atom. The molecule has 0 saturated carbocycles. The van der Waals surface area contributed by atoms with Crippen LogP contribution >= 0.6 is 0 Å². The molecule has 3 rings (SSSR count). The number of benzene rings is 2. The second-order valence-electron chi connectivity index (χ2n) is 5.72. The van der Waals surface area contributed by atoms with Crippen LogP contribution in [-0.2, 0) is 9.47 Å². The molecule has 0 spiro atoms. The van der Waals surface area contributed by atoms with Crippen LogP contribution in [0.2, 0.25) is 0 Å². The third kappa shape index (κ3) is 2.72. The molecule has 1 aliphatic rings. The van der Waals surface area contributed by atoms with Gasteiger partial charge in [-0.1, -0.05) is 24.3 Å². The zero-order chi connectivity index (χ0) is 17.3. The summed E-state index contributed by atoms with van der Waals surface area (Å²) >= 11 is 0. The number of hydrogen-bond donors (Lipinski definition) is 1. The second kappa shape index (κ2) is 6.55. The molecule has 5 nitrogen and oxygen atoms in total. The molecule has 2 aromatic carbocycles. The molecule has 2 aromatic rings. The van der Waals surface area contributed by atoms with Gasteiger partial charge >= 0.3 is 0 Å². The molecule has 0 aromatic heterocycles. The zero-order valence-electron chi connectivity index (χ0n) is 13.9. The van der Waals surface area contributed by atoms with Crippen molar-refractivity contribution in [2.75, 3.05) is 26.1 Å². The summed E-state index contributed by atoms with van der Waals surface area (Å²) in [6.45, 7) is 2.26. The Bertz CT molecular complexity index is 809. The number of hydrogen-bond acceptors (Lipinski definition) is 5. The molecule has 0 saturated heterocycles. The van der Waals surface area contributed by atoms with Crippen molar-refractivity contribution in [2.24, 2.45) is 0 Å². The zero-order valence-corrected chi connectivity index (χ0v) is 13.9. The van der Waals surface area contributed by atoms with Crippen LogP contribution in [0.15, 0.2) is 36.4 Å². The van der Waals surface area contributed by atoms with Crippen molar-refractivity contribution < 1.29 is 19.1 Å². The lowest BCUT2D eigenvalue weighted by molar-refractivity contribution is -0.0914. The lowest BCUT2D eigenvalue weighted by atomic mass is 9.82. The molecule has 0 amide bonds. The molecule has 0 heterocycles. The van der Waals surface area contributed by atoms with Crippen LogP contribution in [-0.4, -0.2) is 38.6 Å². The molecule has 1 N–H and O–H groups in total. The highest BCUT2D eigenvalue weighted by Gasteiger charge is 2.31. The van der Waals surface area contributed by atoms with Crippen molar-refractivity contribution in [3.05, 3.63) is 64.2 Å². The van der Waals surface area contributed by atoms with Gasteiger partial charge in [-0.3, -0.25) is 9.59 Å². The summed E-state index contributed by atoms with van der Waals surface area (Å²) in [5.41, 5.74) is 3.28. The summed E-state index contributed by atoms with van der Waals surface area (Å²) in [6.07, 6.45) is -0.442. The quantitative estimate of drug-likeness (QED) is 0.731. The number of methoxy groups -OCH3 is 2. The van der Waals surface area contributed by atoms with Gasteiger partial charge in [0, 0.05) is 36.6 Å². The van der Waals surface area contributed by atoms with Crippen LogP contribution < -0.4 is 5.32 Å². The van der Waals surface area contributed by atoms with Gasteiger partial charge in [0.25, 0.3) is 0 Å². The normalized spacial score (nSPS) is 13.0. The summed E-state index contributed by atoms with van der Waals surface area (Å²) < 4.78 is 10.3. The molecule has 0 atom stereocenters. The van der Waals surface area contributed by atoms with Crippen molar-refractivity contribution in [1.29, 1.82) is 0 Å². The van der Waals surface area contributed by atoms with Crippen LogP contribution in [0.25, 0.3) is 0 Å². The molecule has 0 aliphatic heterocycles. The van der Waals surface area contributed by atoms with Crippen molar-refractivity contribution in [3.63, 3.8) is 0 Å². The maximum atomic E-state index is 12.9. The van der Waals surface area contributed by atoms with E-state index in [4.69, 9.17) is 9.47 Å². The van der Waals surface area contributed by atoms with Gasteiger partial charge in [0.2, 0.25) is 0 Å². The number of rotatable bonds is 5. The van der Waals surface area contributed by atoms with Gasteiger partial charge in [-0.2, -0.15) is 0 Å². The first-order valence-corrected chi connectivity index (χ1v) is 7.69. The number of anilines is 1. The number of carbonyl (C=O) groups is 2. The first-order chi connectivity index (χ1) is 11.6. The third-order valence-corrected chi connectivity index (χ3v) is 4.16. The van der Waals surface area contributed by atoms with Crippen LogP contribution in [0.4, 0.5) is 5.69 Å². The number of fused-ring (bicyclic) bond motifs is 2. The minimum atomic E-state index is -0.442. The van der Waals surface area contributed by atoms with Gasteiger partial charge in [0.15, 0.2) is 17.9 Å². The van der Waals surface area contributed by atoms with E-state index in [2.05, 4.69) is 5.32 Å². The average Bonchev–Trinajstić information content (AvgIpc) is 2.60. The fourth-order valence-corrected chi connectivity index (χ4v) is 2.96. The van der Waals surface area contributed by atoms with E-state index in [1.54, 1.807) is 44.6 Å². The Morgan fingerprint density at radius 2 is 1.58 bits per heavy atom. The minimum Gasteiger partial charge on any atom is -0.379 e. The number of nitrogens with one attached hydrogen (secondary N) is 1. The number of ketones is 2. The van der Waals surface area contributed by atoms with Crippen molar-refractivity contribution in [3.8, 4) is 0 Å². The van der Waals surface area contributed by atoms with E-state index < -0.39 is 6.29 Å². The van der Waals surface area contributed by atoms with Crippen molar-refractivity contribution >= 4 is 17.3 Å². The highest BCUT2D eigenvalue weighted by atomic mass is 16.7. The van der Waals surface area contributed by atoms with Crippen LogP contribution in [0.3, 0.4) is 0 Å². The first kappa shape index (κ1) is 16.4. The first-order valence-electron chi connectivity index (χ1n) is 7.69. The van der Waals surface area contributed by atoms with E-state index in [0.29, 0.717) is 34.5 Å². The fourth-order valence-electron chi connectivity index (χ4n) is 2.96. The molecule has 1 aliphatic carbocycles. The van der Waals surface area contributed by atoms with E-state index in [-0.39, 0.29) is 11.6 Å².